The molecule has 2 heterocycles. The van der Waals surface area contributed by atoms with Gasteiger partial charge in [0.15, 0.2) is 6.29 Å². The third-order valence-corrected chi connectivity index (χ3v) is 3.04. The van der Waals surface area contributed by atoms with Crippen molar-refractivity contribution in [1.82, 2.24) is 9.78 Å². The minimum atomic E-state index is -0.520. The minimum Gasteiger partial charge on any atom is -0.444 e. The molecule has 1 aromatic heterocycles. The molecule has 1 amide bonds. The molecule has 0 aromatic carbocycles. The maximum Gasteiger partial charge on any atom is 0.412 e. The molecule has 1 unspecified atom stereocenters. The third-order valence-electron chi connectivity index (χ3n) is 3.04. The van der Waals surface area contributed by atoms with E-state index < -0.39 is 11.7 Å². The van der Waals surface area contributed by atoms with Gasteiger partial charge >= 0.3 is 6.09 Å². The molecule has 2 rings (SSSR count). The zero-order valence-electron chi connectivity index (χ0n) is 13.5. The Labute approximate surface area is 130 Å². The van der Waals surface area contributed by atoms with Crippen LogP contribution < -0.4 is 5.32 Å². The van der Waals surface area contributed by atoms with Gasteiger partial charge in [-0.2, -0.15) is 5.10 Å². The van der Waals surface area contributed by atoms with Crippen molar-refractivity contribution in [3.05, 3.63) is 12.4 Å². The highest BCUT2D eigenvalue weighted by molar-refractivity contribution is 5.84. The lowest BCUT2D eigenvalue weighted by Crippen LogP contribution is -2.27. The van der Waals surface area contributed by atoms with Gasteiger partial charge in [0.1, 0.15) is 5.60 Å². The van der Waals surface area contributed by atoms with Crippen molar-refractivity contribution < 1.29 is 19.0 Å². The number of nitrogens with one attached hydrogen (secondary N) is 1. The second-order valence-corrected chi connectivity index (χ2v) is 6.29. The predicted molar refractivity (Wildman–Crippen MR) is 81.6 cm³/mol. The van der Waals surface area contributed by atoms with Crippen molar-refractivity contribution in [1.29, 1.82) is 0 Å². The number of aromatic nitrogens is 2. The highest BCUT2D eigenvalue weighted by Crippen LogP contribution is 2.14. The lowest BCUT2D eigenvalue weighted by molar-refractivity contribution is -0.163. The van der Waals surface area contributed by atoms with Crippen molar-refractivity contribution in [2.75, 3.05) is 18.5 Å². The van der Waals surface area contributed by atoms with E-state index in [9.17, 15) is 4.79 Å². The van der Waals surface area contributed by atoms with E-state index in [0.29, 0.717) is 18.8 Å². The Bertz CT molecular complexity index is 475. The van der Waals surface area contributed by atoms with E-state index in [2.05, 4.69) is 10.4 Å². The highest BCUT2D eigenvalue weighted by Gasteiger charge is 2.17. The van der Waals surface area contributed by atoms with E-state index in [-0.39, 0.29) is 6.29 Å². The number of ether oxygens (including phenoxy) is 3. The zero-order chi connectivity index (χ0) is 16.0. The van der Waals surface area contributed by atoms with Crippen LogP contribution in [0.3, 0.4) is 0 Å². The maximum absolute atomic E-state index is 11.6. The molecule has 1 aromatic rings. The first-order valence-corrected chi connectivity index (χ1v) is 7.68. The summed E-state index contributed by atoms with van der Waals surface area (Å²) in [4.78, 5) is 11.6. The van der Waals surface area contributed by atoms with Gasteiger partial charge in [-0.1, -0.05) is 0 Å². The average Bonchev–Trinajstić information content (AvgIpc) is 2.85. The number of rotatable bonds is 5. The summed E-state index contributed by atoms with van der Waals surface area (Å²) in [5.41, 5.74) is 0.0802. The summed E-state index contributed by atoms with van der Waals surface area (Å²) in [6.45, 7) is 7.37. The Morgan fingerprint density at radius 2 is 2.32 bits per heavy atom. The van der Waals surface area contributed by atoms with E-state index in [1.165, 1.54) is 0 Å². The van der Waals surface area contributed by atoms with Crippen LogP contribution >= 0.6 is 0 Å². The second kappa shape index (κ2) is 7.60. The van der Waals surface area contributed by atoms with Crippen LogP contribution in [0.5, 0.6) is 0 Å². The Hall–Kier alpha value is -1.60. The van der Waals surface area contributed by atoms with Crippen molar-refractivity contribution in [2.45, 2.75) is 58.5 Å². The molecule has 1 N–H and O–H groups in total. The normalized spacial score (nSPS) is 19.0. The molecule has 7 nitrogen and oxygen atoms in total. The first-order chi connectivity index (χ1) is 10.4. The van der Waals surface area contributed by atoms with Crippen LogP contribution in [-0.4, -0.2) is 41.0 Å². The molecule has 22 heavy (non-hydrogen) atoms. The van der Waals surface area contributed by atoms with Crippen molar-refractivity contribution in [2.24, 2.45) is 0 Å². The largest absolute Gasteiger partial charge is 0.444 e. The Balaban J connectivity index is 1.70. The minimum absolute atomic E-state index is 0.0938. The first kappa shape index (κ1) is 16.8. The number of carbonyl (C=O) groups excluding carboxylic acids is 1. The fourth-order valence-corrected chi connectivity index (χ4v) is 2.09. The van der Waals surface area contributed by atoms with Gasteiger partial charge in [-0.15, -0.1) is 0 Å². The molecule has 1 atom stereocenters. The standard InChI is InChI=1S/C15H25N3O4/c1-15(2,3)22-14(19)17-12-10-16-18(11-12)7-9-21-13-6-4-5-8-20-13/h10-11,13H,4-9H2,1-3H3,(H,17,19). The topological polar surface area (TPSA) is 74.6 Å². The van der Waals surface area contributed by atoms with E-state index in [1.54, 1.807) is 17.1 Å². The summed E-state index contributed by atoms with van der Waals surface area (Å²) < 4.78 is 18.0. The molecule has 0 radical (unpaired) electrons. The number of anilines is 1. The molecule has 0 aliphatic carbocycles. The molecule has 0 spiro atoms. The van der Waals surface area contributed by atoms with E-state index >= 15 is 0 Å². The fourth-order valence-electron chi connectivity index (χ4n) is 2.09. The van der Waals surface area contributed by atoms with Crippen LogP contribution in [0.15, 0.2) is 12.4 Å². The molecule has 1 fully saturated rings. The molecule has 0 bridgehead atoms. The molecule has 1 aliphatic heterocycles. The molecule has 1 saturated heterocycles. The van der Waals surface area contributed by atoms with Gasteiger partial charge < -0.3 is 14.2 Å². The lowest BCUT2D eigenvalue weighted by atomic mass is 10.2. The number of nitrogens with zero attached hydrogens (tertiary/aromatic N) is 2. The van der Waals surface area contributed by atoms with Gasteiger partial charge in [0.2, 0.25) is 0 Å². The van der Waals surface area contributed by atoms with Crippen LogP contribution in [0.4, 0.5) is 10.5 Å². The molecular formula is C15H25N3O4. The summed E-state index contributed by atoms with van der Waals surface area (Å²) in [6, 6.07) is 0. The van der Waals surface area contributed by atoms with Gasteiger partial charge in [-0.25, -0.2) is 4.79 Å². The fraction of sp³-hybridized carbons (Fsp3) is 0.733. The maximum atomic E-state index is 11.6. The molecular weight excluding hydrogens is 286 g/mol. The highest BCUT2D eigenvalue weighted by atomic mass is 16.7. The Morgan fingerprint density at radius 3 is 3.00 bits per heavy atom. The van der Waals surface area contributed by atoms with Gasteiger partial charge in [-0.05, 0) is 40.0 Å². The van der Waals surface area contributed by atoms with Gasteiger partial charge in [-0.3, -0.25) is 10.00 Å². The SMILES string of the molecule is CC(C)(C)OC(=O)Nc1cnn(CCOC2CCCCO2)c1. The number of hydrogen-bond acceptors (Lipinski definition) is 5. The smallest absolute Gasteiger partial charge is 0.412 e. The van der Waals surface area contributed by atoms with Gasteiger partial charge in [0, 0.05) is 12.8 Å². The Morgan fingerprint density at radius 1 is 1.50 bits per heavy atom. The first-order valence-electron chi connectivity index (χ1n) is 7.68. The van der Waals surface area contributed by atoms with Crippen LogP contribution in [0.25, 0.3) is 0 Å². The van der Waals surface area contributed by atoms with Crippen LogP contribution in [0.2, 0.25) is 0 Å². The van der Waals surface area contributed by atoms with E-state index in [1.807, 2.05) is 20.8 Å². The average molecular weight is 311 g/mol. The number of hydrogen-bond donors (Lipinski definition) is 1. The monoisotopic (exact) mass is 311 g/mol. The summed E-state index contributed by atoms with van der Waals surface area (Å²) >= 11 is 0. The number of amides is 1. The summed E-state index contributed by atoms with van der Waals surface area (Å²) in [6.07, 6.45) is 5.96. The third kappa shape index (κ3) is 6.03. The summed E-state index contributed by atoms with van der Waals surface area (Å²) in [5, 5.41) is 6.82. The quantitative estimate of drug-likeness (QED) is 0.905. The molecule has 1 aliphatic rings. The lowest BCUT2D eigenvalue weighted by Gasteiger charge is -2.22. The predicted octanol–water partition coefficient (Wildman–Crippen LogP) is 2.77. The molecule has 124 valence electrons. The van der Waals surface area contributed by atoms with Crippen molar-refractivity contribution in [3.63, 3.8) is 0 Å². The van der Waals surface area contributed by atoms with E-state index in [0.717, 1.165) is 25.9 Å². The van der Waals surface area contributed by atoms with Crippen molar-refractivity contribution in [3.8, 4) is 0 Å². The summed E-state index contributed by atoms with van der Waals surface area (Å²) in [5.74, 6) is 0. The van der Waals surface area contributed by atoms with Crippen LogP contribution in [0, 0.1) is 0 Å². The van der Waals surface area contributed by atoms with Crippen molar-refractivity contribution >= 4 is 11.8 Å². The van der Waals surface area contributed by atoms with Crippen LogP contribution in [0.1, 0.15) is 40.0 Å². The van der Waals surface area contributed by atoms with E-state index in [4.69, 9.17) is 14.2 Å². The number of carbonyl (C=O) groups is 1. The summed E-state index contributed by atoms with van der Waals surface area (Å²) in [7, 11) is 0. The Kier molecular flexibility index (Phi) is 5.79. The molecule has 0 saturated carbocycles. The van der Waals surface area contributed by atoms with Crippen LogP contribution in [-0.2, 0) is 20.8 Å². The molecule has 7 heteroatoms. The zero-order valence-corrected chi connectivity index (χ0v) is 13.5. The van der Waals surface area contributed by atoms with Gasteiger partial charge in [0.25, 0.3) is 0 Å². The second-order valence-electron chi connectivity index (χ2n) is 6.29. The van der Waals surface area contributed by atoms with Gasteiger partial charge in [0.05, 0.1) is 25.0 Å².